The normalized spacial score (nSPS) is 19.2. The van der Waals surface area contributed by atoms with Crippen molar-refractivity contribution in [1.29, 1.82) is 0 Å². The number of rotatable bonds is 12. The number of aliphatic carboxylic acids is 1. The highest BCUT2D eigenvalue weighted by Crippen LogP contribution is 2.29. The van der Waals surface area contributed by atoms with Crippen LogP contribution in [-0.4, -0.2) is 91.3 Å². The number of nitrogens with two attached hydrogens (primary N) is 1. The minimum Gasteiger partial charge on any atom is -0.481 e. The minimum atomic E-state index is -0.949. The second-order valence-corrected chi connectivity index (χ2v) is 8.89. The predicted molar refractivity (Wildman–Crippen MR) is 140 cm³/mol. The molecule has 1 fully saturated rings. The van der Waals surface area contributed by atoms with E-state index in [-0.39, 0.29) is 42.8 Å². The molecule has 0 aliphatic carbocycles. The molecule has 1 saturated heterocycles. The highest BCUT2D eigenvalue weighted by atomic mass is 16.5. The van der Waals surface area contributed by atoms with Gasteiger partial charge in [0.25, 0.3) is 0 Å². The summed E-state index contributed by atoms with van der Waals surface area (Å²) >= 11 is 0. The van der Waals surface area contributed by atoms with E-state index in [4.69, 9.17) is 15.2 Å². The number of ether oxygens (including phenoxy) is 2. The molecule has 0 radical (unpaired) electrons. The van der Waals surface area contributed by atoms with Crippen LogP contribution in [0, 0.1) is 11.8 Å². The first-order valence-electron chi connectivity index (χ1n) is 13.1. The van der Waals surface area contributed by atoms with Crippen molar-refractivity contribution in [2.45, 2.75) is 105 Å². The molecule has 3 N–H and O–H groups in total. The first-order valence-corrected chi connectivity index (χ1v) is 13.1. The van der Waals surface area contributed by atoms with Crippen molar-refractivity contribution in [3.63, 3.8) is 0 Å². The van der Waals surface area contributed by atoms with Crippen LogP contribution >= 0.6 is 0 Å². The summed E-state index contributed by atoms with van der Waals surface area (Å²) in [6.07, 6.45) is 2.58. The minimum absolute atomic E-state index is 0.0993. The van der Waals surface area contributed by atoms with Gasteiger partial charge in [-0.15, -0.1) is 0 Å². The van der Waals surface area contributed by atoms with Gasteiger partial charge in [0.15, 0.2) is 0 Å². The molecule has 2 amide bonds. The van der Waals surface area contributed by atoms with Crippen LogP contribution in [0.15, 0.2) is 0 Å². The Labute approximate surface area is 213 Å². The molecule has 0 aromatic heterocycles. The van der Waals surface area contributed by atoms with Crippen molar-refractivity contribution in [2.24, 2.45) is 17.6 Å². The van der Waals surface area contributed by atoms with Crippen LogP contribution in [-0.2, 0) is 23.9 Å². The number of amides is 2. The summed E-state index contributed by atoms with van der Waals surface area (Å²) in [6, 6.07) is -0.589. The van der Waals surface area contributed by atoms with Gasteiger partial charge in [-0.1, -0.05) is 54.4 Å². The fraction of sp³-hybridized carbons (Fsp3) is 0.885. The smallest absolute Gasteiger partial charge is 0.308 e. The van der Waals surface area contributed by atoms with Crippen LogP contribution in [0.4, 0.5) is 0 Å². The molecular weight excluding hydrogens is 450 g/mol. The maximum absolute atomic E-state index is 13.2. The van der Waals surface area contributed by atoms with Crippen molar-refractivity contribution in [3.05, 3.63) is 0 Å². The summed E-state index contributed by atoms with van der Waals surface area (Å²) in [5, 5.41) is 9.40. The average molecular weight is 504 g/mol. The molecule has 208 valence electrons. The Morgan fingerprint density at radius 1 is 1.11 bits per heavy atom. The van der Waals surface area contributed by atoms with Gasteiger partial charge in [0, 0.05) is 27.8 Å². The molecule has 6 unspecified atom stereocenters. The lowest BCUT2D eigenvalue weighted by Crippen LogP contribution is -2.53. The number of carboxylic acid groups (broad SMARTS) is 1. The zero-order chi connectivity index (χ0) is 27.7. The number of likely N-dealkylation sites (N-methyl/N-ethyl adjacent to an activating group) is 1. The highest BCUT2D eigenvalue weighted by Gasteiger charge is 2.41. The Morgan fingerprint density at radius 3 is 2.06 bits per heavy atom. The van der Waals surface area contributed by atoms with Gasteiger partial charge in [-0.2, -0.15) is 0 Å². The lowest BCUT2D eigenvalue weighted by Gasteiger charge is -2.39. The Morgan fingerprint density at radius 2 is 1.66 bits per heavy atom. The Bertz CT molecular complexity index is 604. The summed E-state index contributed by atoms with van der Waals surface area (Å²) in [4.78, 5) is 40.2. The van der Waals surface area contributed by atoms with Gasteiger partial charge >= 0.3 is 5.97 Å². The fourth-order valence-corrected chi connectivity index (χ4v) is 4.46. The summed E-state index contributed by atoms with van der Waals surface area (Å²) in [7, 11) is 4.71. The van der Waals surface area contributed by atoms with Crippen molar-refractivity contribution < 1.29 is 29.0 Å². The molecule has 1 aliphatic heterocycles. The SMILES string of the molecule is CC.CCC.CCC(C)C(C(CC(=O)N1CCCC1C(OC)C(C)C(=O)O)OC)N(C)C(=O)CN. The van der Waals surface area contributed by atoms with Crippen molar-refractivity contribution >= 4 is 17.8 Å². The van der Waals surface area contributed by atoms with Gasteiger partial charge in [0.2, 0.25) is 11.8 Å². The van der Waals surface area contributed by atoms with Crippen LogP contribution in [0.2, 0.25) is 0 Å². The van der Waals surface area contributed by atoms with E-state index in [1.54, 1.807) is 30.9 Å². The standard InChI is InChI=1S/C21H39N3O6.C3H8.C2H6/c1-7-13(2)19(23(4)18(26)12-22)16(29-5)11-17(25)24-10-8-9-15(24)20(30-6)14(3)21(27)28;1-3-2;1-2/h13-16,19-20H,7-12,22H2,1-6H3,(H,27,28);3H2,1-2H3;1-2H3. The molecule has 0 aromatic carbocycles. The second-order valence-electron chi connectivity index (χ2n) is 8.89. The average Bonchev–Trinajstić information content (AvgIpc) is 3.34. The van der Waals surface area contributed by atoms with Crippen molar-refractivity contribution in [2.75, 3.05) is 34.4 Å². The number of likely N-dealkylation sites (tertiary alicyclic amines) is 1. The number of carbonyl (C=O) groups excluding carboxylic acids is 2. The van der Waals surface area contributed by atoms with Crippen LogP contribution in [0.5, 0.6) is 0 Å². The maximum Gasteiger partial charge on any atom is 0.308 e. The number of hydrogen-bond donors (Lipinski definition) is 2. The molecule has 0 spiro atoms. The number of hydrogen-bond acceptors (Lipinski definition) is 6. The molecule has 0 aromatic rings. The van der Waals surface area contributed by atoms with E-state index < -0.39 is 24.1 Å². The predicted octanol–water partition coefficient (Wildman–Crippen LogP) is 3.39. The van der Waals surface area contributed by atoms with E-state index in [0.717, 1.165) is 12.8 Å². The van der Waals surface area contributed by atoms with Crippen molar-refractivity contribution in [3.8, 4) is 0 Å². The molecule has 0 bridgehead atoms. The monoisotopic (exact) mass is 503 g/mol. The lowest BCUT2D eigenvalue weighted by atomic mass is 9.90. The largest absolute Gasteiger partial charge is 0.481 e. The van der Waals surface area contributed by atoms with E-state index in [2.05, 4.69) is 13.8 Å². The van der Waals surface area contributed by atoms with Crippen LogP contribution in [0.25, 0.3) is 0 Å². The van der Waals surface area contributed by atoms with E-state index in [0.29, 0.717) is 13.0 Å². The number of methoxy groups -OCH3 is 2. The molecular formula is C26H53N3O6. The zero-order valence-electron chi connectivity index (χ0n) is 23.9. The molecule has 1 aliphatic rings. The second kappa shape index (κ2) is 19.5. The van der Waals surface area contributed by atoms with Gasteiger partial charge < -0.3 is 30.1 Å². The number of carboxylic acids is 1. The number of carbonyl (C=O) groups is 3. The zero-order valence-corrected chi connectivity index (χ0v) is 23.9. The lowest BCUT2D eigenvalue weighted by molar-refractivity contribution is -0.151. The van der Waals surface area contributed by atoms with Gasteiger partial charge in [0.1, 0.15) is 0 Å². The van der Waals surface area contributed by atoms with Crippen LogP contribution < -0.4 is 5.73 Å². The topological polar surface area (TPSA) is 122 Å². The van der Waals surface area contributed by atoms with E-state index in [1.165, 1.54) is 13.5 Å². The fourth-order valence-electron chi connectivity index (χ4n) is 4.46. The quantitative estimate of drug-likeness (QED) is 0.418. The maximum atomic E-state index is 13.2. The van der Waals surface area contributed by atoms with Crippen LogP contribution in [0.1, 0.15) is 80.6 Å². The Balaban J connectivity index is 0. The third-order valence-corrected chi connectivity index (χ3v) is 6.45. The summed E-state index contributed by atoms with van der Waals surface area (Å²) in [5.74, 6) is -1.90. The van der Waals surface area contributed by atoms with Gasteiger partial charge in [-0.25, -0.2) is 0 Å². The molecule has 1 heterocycles. The summed E-state index contributed by atoms with van der Waals surface area (Å²) in [6.45, 7) is 14.3. The Hall–Kier alpha value is -1.71. The molecule has 9 nitrogen and oxygen atoms in total. The molecule has 1 rings (SSSR count). The molecule has 35 heavy (non-hydrogen) atoms. The van der Waals surface area contributed by atoms with E-state index in [1.807, 2.05) is 27.7 Å². The first-order chi connectivity index (χ1) is 16.6. The van der Waals surface area contributed by atoms with E-state index in [9.17, 15) is 19.5 Å². The third-order valence-electron chi connectivity index (χ3n) is 6.45. The number of nitrogens with zero attached hydrogens (tertiary/aromatic N) is 2. The van der Waals surface area contributed by atoms with Crippen molar-refractivity contribution in [1.82, 2.24) is 9.80 Å². The van der Waals surface area contributed by atoms with Gasteiger partial charge in [-0.05, 0) is 25.7 Å². The highest BCUT2D eigenvalue weighted by molar-refractivity contribution is 5.79. The third kappa shape index (κ3) is 10.8. The first kappa shape index (κ1) is 35.5. The van der Waals surface area contributed by atoms with E-state index >= 15 is 0 Å². The van der Waals surface area contributed by atoms with Gasteiger partial charge in [0.05, 0.1) is 43.2 Å². The van der Waals surface area contributed by atoms with Gasteiger partial charge in [-0.3, -0.25) is 14.4 Å². The summed E-state index contributed by atoms with van der Waals surface area (Å²) < 4.78 is 11.2. The van der Waals surface area contributed by atoms with Crippen LogP contribution in [0.3, 0.4) is 0 Å². The Kier molecular flexibility index (Phi) is 19.7. The summed E-state index contributed by atoms with van der Waals surface area (Å²) in [5.41, 5.74) is 5.55. The molecule has 9 heteroatoms. The molecule has 0 saturated carbocycles. The molecule has 6 atom stereocenters.